The van der Waals surface area contributed by atoms with Gasteiger partial charge in [-0.05, 0) is 62.9 Å². The summed E-state index contributed by atoms with van der Waals surface area (Å²) < 4.78 is 69.4. The van der Waals surface area contributed by atoms with Gasteiger partial charge in [-0.1, -0.05) is 6.07 Å². The highest BCUT2D eigenvalue weighted by molar-refractivity contribution is 7.87. The molecule has 1 atom stereocenters. The van der Waals surface area contributed by atoms with Crippen LogP contribution in [0.15, 0.2) is 24.3 Å². The molecule has 2 aliphatic rings. The summed E-state index contributed by atoms with van der Waals surface area (Å²) in [7, 11) is -2.01. The van der Waals surface area contributed by atoms with Crippen LogP contribution in [0.1, 0.15) is 47.3 Å². The Labute approximate surface area is 288 Å². The smallest absolute Gasteiger partial charge is 0.367 e. The number of aromatic nitrogens is 3. The fourth-order valence-electron chi connectivity index (χ4n) is 7.02. The van der Waals surface area contributed by atoms with Gasteiger partial charge >= 0.3 is 6.18 Å². The summed E-state index contributed by atoms with van der Waals surface area (Å²) in [5.74, 6) is 1.13. The molecular formula is C33H42F3N9O2S2. The van der Waals surface area contributed by atoms with E-state index in [0.717, 1.165) is 60.3 Å². The van der Waals surface area contributed by atoms with Crippen LogP contribution in [0.3, 0.4) is 0 Å². The van der Waals surface area contributed by atoms with Gasteiger partial charge in [-0.3, -0.25) is 9.80 Å². The summed E-state index contributed by atoms with van der Waals surface area (Å²) in [6.45, 7) is 11.2. The summed E-state index contributed by atoms with van der Waals surface area (Å²) in [6.07, 6.45) is -3.50. The normalized spacial score (nSPS) is 18.3. The van der Waals surface area contributed by atoms with E-state index in [4.69, 9.17) is 0 Å². The molecule has 0 bridgehead atoms. The van der Waals surface area contributed by atoms with E-state index in [-0.39, 0.29) is 17.0 Å². The number of alkyl halides is 3. The average Bonchev–Trinajstić information content (AvgIpc) is 3.63. The number of fused-ring (bicyclic) bond motifs is 2. The minimum atomic E-state index is -4.27. The van der Waals surface area contributed by atoms with E-state index in [9.17, 15) is 26.9 Å². The Morgan fingerprint density at radius 2 is 1.78 bits per heavy atom. The van der Waals surface area contributed by atoms with E-state index in [1.165, 1.54) is 16.9 Å². The molecule has 5 heterocycles. The maximum atomic E-state index is 13.0. The quantitative estimate of drug-likeness (QED) is 0.241. The molecular weight excluding hydrogens is 676 g/mol. The van der Waals surface area contributed by atoms with E-state index in [1.807, 2.05) is 6.07 Å². The van der Waals surface area contributed by atoms with E-state index < -0.39 is 22.8 Å². The first-order chi connectivity index (χ1) is 23.2. The molecule has 2 saturated heterocycles. The third-order valence-electron chi connectivity index (χ3n) is 9.78. The molecule has 49 heavy (non-hydrogen) atoms. The van der Waals surface area contributed by atoms with Crippen molar-refractivity contribution in [2.24, 2.45) is 0 Å². The standard InChI is InChI=1S/C33H42F3N9O2S2/c1-21(43-11-13-44(14-12-43)49(46,47)38-4)19-45-26(18-37)15-28-22(2)24(5-6-30(28)45)20-42-9-7-25(8-10-42)41-31-29-16-27(17-33(34,35)36)48-32(29)40-23(3)39-31/h5-6,15-16,21,25,38H,7-14,17,19-20H2,1-4H3,(H,39,40,41)/t21-/m0/s1. The second-order valence-corrected chi connectivity index (χ2v) is 16.1. The zero-order valence-corrected chi connectivity index (χ0v) is 29.8. The van der Waals surface area contributed by atoms with Crippen molar-refractivity contribution in [2.45, 2.75) is 71.4 Å². The third-order valence-corrected chi connectivity index (χ3v) is 12.4. The van der Waals surface area contributed by atoms with Gasteiger partial charge in [0.25, 0.3) is 10.2 Å². The van der Waals surface area contributed by atoms with Gasteiger partial charge in [-0.15, -0.1) is 11.3 Å². The average molecular weight is 718 g/mol. The van der Waals surface area contributed by atoms with Crippen molar-refractivity contribution >= 4 is 48.5 Å². The van der Waals surface area contributed by atoms with Crippen molar-refractivity contribution in [3.05, 3.63) is 51.8 Å². The largest absolute Gasteiger partial charge is 0.393 e. The lowest BCUT2D eigenvalue weighted by Crippen LogP contribution is -2.54. The SMILES string of the molecule is CNS(=O)(=O)N1CCN([C@@H](C)Cn2c(C#N)cc3c(C)c(CN4CCC(Nc5nc(C)nc6sc(CC(F)(F)F)cc56)CC4)ccc32)CC1. The predicted molar refractivity (Wildman–Crippen MR) is 186 cm³/mol. The van der Waals surface area contributed by atoms with Crippen LogP contribution in [-0.4, -0.2) is 102 Å². The lowest BCUT2D eigenvalue weighted by Gasteiger charge is -2.37. The highest BCUT2D eigenvalue weighted by atomic mass is 32.2. The number of hydrogen-bond acceptors (Lipinski definition) is 9. The first-order valence-electron chi connectivity index (χ1n) is 16.5. The molecule has 2 aliphatic heterocycles. The fourth-order valence-corrected chi connectivity index (χ4v) is 9.02. The molecule has 2 fully saturated rings. The molecule has 264 valence electrons. The van der Waals surface area contributed by atoms with Gasteiger partial charge in [0, 0.05) is 87.3 Å². The van der Waals surface area contributed by atoms with E-state index in [0.29, 0.717) is 60.3 Å². The molecule has 4 aromatic rings. The van der Waals surface area contributed by atoms with Gasteiger partial charge in [0.15, 0.2) is 0 Å². The lowest BCUT2D eigenvalue weighted by atomic mass is 10.0. The van der Waals surface area contributed by atoms with Crippen LogP contribution >= 0.6 is 11.3 Å². The van der Waals surface area contributed by atoms with Crippen molar-refractivity contribution in [3.63, 3.8) is 0 Å². The topological polar surface area (TPSA) is 122 Å². The number of hydrogen-bond donors (Lipinski definition) is 2. The first-order valence-corrected chi connectivity index (χ1v) is 18.8. The van der Waals surface area contributed by atoms with E-state index >= 15 is 0 Å². The number of nitrogens with zero attached hydrogens (tertiary/aromatic N) is 7. The second-order valence-electron chi connectivity index (χ2n) is 13.1. The van der Waals surface area contributed by atoms with Gasteiger partial charge in [-0.25, -0.2) is 14.7 Å². The number of benzene rings is 1. The van der Waals surface area contributed by atoms with Crippen LogP contribution in [-0.2, 0) is 29.7 Å². The highest BCUT2D eigenvalue weighted by Crippen LogP contribution is 2.34. The number of likely N-dealkylation sites (tertiary alicyclic amines) is 1. The minimum absolute atomic E-state index is 0.112. The first kappa shape index (κ1) is 35.5. The van der Waals surface area contributed by atoms with Crippen LogP contribution in [0.25, 0.3) is 21.1 Å². The molecule has 11 nitrogen and oxygen atoms in total. The number of aryl methyl sites for hydroxylation is 2. The van der Waals surface area contributed by atoms with Crippen LogP contribution in [0.4, 0.5) is 19.0 Å². The number of nitriles is 1. The summed E-state index contributed by atoms with van der Waals surface area (Å²) in [5, 5.41) is 15.2. The van der Waals surface area contributed by atoms with Crippen molar-refractivity contribution in [3.8, 4) is 6.07 Å². The molecule has 2 N–H and O–H groups in total. The summed E-state index contributed by atoms with van der Waals surface area (Å²) in [4.78, 5) is 14.4. The van der Waals surface area contributed by atoms with E-state index in [2.05, 4.69) is 66.4 Å². The summed E-state index contributed by atoms with van der Waals surface area (Å²) in [5.41, 5.74) is 3.98. The summed E-state index contributed by atoms with van der Waals surface area (Å²) >= 11 is 1.07. The molecule has 0 spiro atoms. The van der Waals surface area contributed by atoms with Crippen LogP contribution < -0.4 is 10.0 Å². The maximum absolute atomic E-state index is 13.0. The van der Waals surface area contributed by atoms with Crippen LogP contribution in [0.2, 0.25) is 0 Å². The Hall–Kier alpha value is -3.33. The number of piperidine rings is 1. The molecule has 0 radical (unpaired) electrons. The Morgan fingerprint density at radius 3 is 2.43 bits per heavy atom. The molecule has 0 unspecified atom stereocenters. The molecule has 0 aliphatic carbocycles. The highest BCUT2D eigenvalue weighted by Gasteiger charge is 2.30. The molecule has 0 amide bonds. The van der Waals surface area contributed by atoms with E-state index in [1.54, 1.807) is 13.0 Å². The second kappa shape index (κ2) is 14.1. The summed E-state index contributed by atoms with van der Waals surface area (Å²) in [6, 6.07) is 10.4. The number of rotatable bonds is 10. The van der Waals surface area contributed by atoms with Crippen molar-refractivity contribution in [1.29, 1.82) is 5.26 Å². The minimum Gasteiger partial charge on any atom is -0.367 e. The van der Waals surface area contributed by atoms with Crippen molar-refractivity contribution in [2.75, 3.05) is 51.6 Å². The van der Waals surface area contributed by atoms with Gasteiger partial charge < -0.3 is 9.88 Å². The van der Waals surface area contributed by atoms with Crippen LogP contribution in [0, 0.1) is 25.2 Å². The number of halogens is 3. The third kappa shape index (κ3) is 7.87. The van der Waals surface area contributed by atoms with Crippen LogP contribution in [0.5, 0.6) is 0 Å². The predicted octanol–water partition coefficient (Wildman–Crippen LogP) is 4.79. The number of thiophene rings is 1. The Balaban J connectivity index is 1.09. The number of piperazine rings is 1. The number of nitrogens with one attached hydrogen (secondary N) is 2. The van der Waals surface area contributed by atoms with Gasteiger partial charge in [0.1, 0.15) is 28.2 Å². The fraction of sp³-hybridized carbons (Fsp3) is 0.545. The monoisotopic (exact) mass is 717 g/mol. The van der Waals surface area contributed by atoms with Gasteiger partial charge in [0.05, 0.1) is 11.8 Å². The molecule has 6 rings (SSSR count). The molecule has 1 aromatic carbocycles. The zero-order chi connectivity index (χ0) is 35.1. The molecule has 3 aromatic heterocycles. The van der Waals surface area contributed by atoms with Crippen molar-refractivity contribution < 1.29 is 21.6 Å². The van der Waals surface area contributed by atoms with Gasteiger partial charge in [-0.2, -0.15) is 31.2 Å². The Bertz CT molecular complexity index is 1970. The Kier molecular flexibility index (Phi) is 10.2. The zero-order valence-electron chi connectivity index (χ0n) is 28.1. The molecule has 0 saturated carbocycles. The maximum Gasteiger partial charge on any atom is 0.393 e. The number of anilines is 1. The molecule has 16 heteroatoms. The van der Waals surface area contributed by atoms with Gasteiger partial charge in [0.2, 0.25) is 0 Å². The van der Waals surface area contributed by atoms with Crippen molar-refractivity contribution in [1.82, 2.24) is 33.4 Å². The lowest BCUT2D eigenvalue weighted by molar-refractivity contribution is -0.126. The Morgan fingerprint density at radius 1 is 1.06 bits per heavy atom.